The van der Waals surface area contributed by atoms with Crippen molar-refractivity contribution in [3.8, 4) is 28.7 Å². The van der Waals surface area contributed by atoms with Crippen LogP contribution in [0.5, 0.6) is 28.7 Å². The molecule has 11 nitrogen and oxygen atoms in total. The van der Waals surface area contributed by atoms with E-state index in [1.54, 1.807) is 48.4 Å². The van der Waals surface area contributed by atoms with Crippen molar-refractivity contribution in [1.29, 1.82) is 0 Å². The van der Waals surface area contributed by atoms with Crippen LogP contribution in [-0.2, 0) is 26.1 Å². The second-order valence-electron chi connectivity index (χ2n) is 13.5. The lowest BCUT2D eigenvalue weighted by molar-refractivity contribution is 0.0986. The van der Waals surface area contributed by atoms with Crippen molar-refractivity contribution in [1.82, 2.24) is 0 Å². The molecular formula is C42H36N4O7. The van der Waals surface area contributed by atoms with Crippen molar-refractivity contribution < 1.29 is 34.0 Å². The highest BCUT2D eigenvalue weighted by atomic mass is 16.5. The first-order valence-electron chi connectivity index (χ1n) is 17.4. The first-order valence-corrected chi connectivity index (χ1v) is 17.4. The molecule has 0 bridgehead atoms. The number of phenols is 1. The van der Waals surface area contributed by atoms with E-state index in [0.717, 1.165) is 23.4 Å². The summed E-state index contributed by atoms with van der Waals surface area (Å²) >= 11 is 0. The Bertz CT molecular complexity index is 2340. The summed E-state index contributed by atoms with van der Waals surface area (Å²) in [6.45, 7) is 0.219. The highest BCUT2D eigenvalue weighted by molar-refractivity contribution is 6.14. The number of phenolic OH excluding ortho intramolecular Hbond substituents is 1. The Kier molecular flexibility index (Phi) is 8.00. The average molecular weight is 709 g/mol. The monoisotopic (exact) mass is 708 g/mol. The van der Waals surface area contributed by atoms with Crippen molar-refractivity contribution in [2.24, 2.45) is 9.98 Å². The van der Waals surface area contributed by atoms with Gasteiger partial charge in [-0.15, -0.1) is 0 Å². The molecule has 2 N–H and O–H groups in total. The maximum Gasteiger partial charge on any atom is 0.261 e. The molecule has 11 heteroatoms. The quantitative estimate of drug-likeness (QED) is 0.177. The fourth-order valence-corrected chi connectivity index (χ4v) is 7.77. The van der Waals surface area contributed by atoms with Crippen LogP contribution in [0, 0.1) is 0 Å². The Labute approximate surface area is 306 Å². The number of hydrogen-bond acceptors (Lipinski definition) is 10. The standard InChI is InChI=1S/C42H36N4O7/c1-50-37-16-31-33(43-20-28-14-26-7-3-5-9-35(26)45(28)41(31)48)18-39(37)52-22-24-11-25(13-30(47)12-24)23-53-40-19-34-32(17-38(40)51-2)42(49)46-29(21-44-34)15-27-8-4-6-10-36(27)46/h3-13,16-21,28-29,41,47-48H,14-15,22-23H2,1-2H3/t28-,29-,41?/m0/s1. The molecule has 4 heterocycles. The van der Waals surface area contributed by atoms with Gasteiger partial charge in [-0.1, -0.05) is 36.4 Å². The summed E-state index contributed by atoms with van der Waals surface area (Å²) in [6, 6.07) is 27.8. The first-order chi connectivity index (χ1) is 25.9. The van der Waals surface area contributed by atoms with E-state index in [9.17, 15) is 15.0 Å². The van der Waals surface area contributed by atoms with Gasteiger partial charge < -0.3 is 34.1 Å². The van der Waals surface area contributed by atoms with Crippen molar-refractivity contribution in [2.45, 2.75) is 44.4 Å². The van der Waals surface area contributed by atoms with E-state index in [1.165, 1.54) is 12.7 Å². The predicted octanol–water partition coefficient (Wildman–Crippen LogP) is 6.99. The van der Waals surface area contributed by atoms with Gasteiger partial charge in [0.15, 0.2) is 29.2 Å². The molecule has 53 heavy (non-hydrogen) atoms. The van der Waals surface area contributed by atoms with Crippen LogP contribution in [0.3, 0.4) is 0 Å². The summed E-state index contributed by atoms with van der Waals surface area (Å²) in [5.41, 5.74) is 7.70. The molecule has 9 rings (SSSR count). The number of anilines is 2. The van der Waals surface area contributed by atoms with E-state index in [4.69, 9.17) is 28.9 Å². The van der Waals surface area contributed by atoms with E-state index >= 15 is 0 Å². The Morgan fingerprint density at radius 1 is 0.698 bits per heavy atom. The summed E-state index contributed by atoms with van der Waals surface area (Å²) in [6.07, 6.45) is 4.23. The molecule has 4 aliphatic heterocycles. The minimum Gasteiger partial charge on any atom is -0.508 e. The topological polar surface area (TPSA) is 126 Å². The summed E-state index contributed by atoms with van der Waals surface area (Å²) in [5.74, 6) is 1.63. The number of fused-ring (bicyclic) bond motifs is 8. The van der Waals surface area contributed by atoms with Crippen LogP contribution in [0.15, 0.2) is 101 Å². The molecule has 0 fully saturated rings. The molecular weight excluding hydrogens is 672 g/mol. The Hall–Kier alpha value is -6.33. The minimum atomic E-state index is -0.918. The molecule has 0 aromatic heterocycles. The molecule has 0 radical (unpaired) electrons. The normalized spacial score (nSPS) is 18.9. The molecule has 0 saturated heterocycles. The van der Waals surface area contributed by atoms with Crippen LogP contribution in [0.4, 0.5) is 22.7 Å². The van der Waals surface area contributed by atoms with E-state index in [1.807, 2.05) is 65.9 Å². The molecule has 5 aromatic carbocycles. The van der Waals surface area contributed by atoms with Gasteiger partial charge in [0.2, 0.25) is 0 Å². The van der Waals surface area contributed by atoms with E-state index < -0.39 is 6.23 Å². The second-order valence-corrected chi connectivity index (χ2v) is 13.5. The van der Waals surface area contributed by atoms with Gasteiger partial charge in [0.1, 0.15) is 19.0 Å². The maximum absolute atomic E-state index is 13.8. The average Bonchev–Trinajstić information content (AvgIpc) is 3.67. The number of aliphatic imine (C=N–C) groups is 2. The van der Waals surface area contributed by atoms with Crippen molar-refractivity contribution in [3.63, 3.8) is 0 Å². The number of aliphatic hydroxyl groups is 1. The number of carbonyl (C=O) groups is 1. The number of benzene rings is 5. The molecule has 266 valence electrons. The largest absolute Gasteiger partial charge is 0.508 e. The molecule has 0 spiro atoms. The van der Waals surface area contributed by atoms with Gasteiger partial charge in [0.25, 0.3) is 5.91 Å². The summed E-state index contributed by atoms with van der Waals surface area (Å²) < 4.78 is 23.8. The van der Waals surface area contributed by atoms with Crippen molar-refractivity contribution >= 4 is 41.1 Å². The number of aromatic hydroxyl groups is 1. The summed E-state index contributed by atoms with van der Waals surface area (Å²) in [5, 5.41) is 22.2. The number of para-hydroxylation sites is 2. The molecule has 1 unspecified atom stereocenters. The third-order valence-corrected chi connectivity index (χ3v) is 10.3. The van der Waals surface area contributed by atoms with Crippen LogP contribution in [0.25, 0.3) is 0 Å². The molecule has 4 aliphatic rings. The van der Waals surface area contributed by atoms with Gasteiger partial charge in [0.05, 0.1) is 43.2 Å². The number of aliphatic hydroxyl groups excluding tert-OH is 1. The lowest BCUT2D eigenvalue weighted by Crippen LogP contribution is -2.37. The summed E-state index contributed by atoms with van der Waals surface area (Å²) in [4.78, 5) is 27.0. The van der Waals surface area contributed by atoms with Crippen LogP contribution in [-0.4, -0.2) is 54.9 Å². The highest BCUT2D eigenvalue weighted by Gasteiger charge is 2.38. The van der Waals surface area contributed by atoms with Crippen LogP contribution >= 0.6 is 0 Å². The molecule has 0 saturated carbocycles. The lowest BCUT2D eigenvalue weighted by Gasteiger charge is -2.29. The van der Waals surface area contributed by atoms with Gasteiger partial charge in [-0.05, 0) is 64.7 Å². The number of amides is 1. The zero-order valence-corrected chi connectivity index (χ0v) is 29.1. The van der Waals surface area contributed by atoms with Crippen LogP contribution in [0.1, 0.15) is 44.4 Å². The Morgan fingerprint density at radius 3 is 2.00 bits per heavy atom. The smallest absolute Gasteiger partial charge is 0.261 e. The van der Waals surface area contributed by atoms with Crippen LogP contribution in [0.2, 0.25) is 0 Å². The minimum absolute atomic E-state index is 0.0529. The number of hydrogen-bond donors (Lipinski definition) is 2. The van der Waals surface area contributed by atoms with Crippen molar-refractivity contribution in [3.05, 3.63) is 124 Å². The number of nitrogens with zero attached hydrogens (tertiary/aromatic N) is 4. The number of rotatable bonds is 8. The Balaban J connectivity index is 0.922. The second kappa shape index (κ2) is 13.0. The number of methoxy groups -OCH3 is 2. The molecule has 0 aliphatic carbocycles. The third kappa shape index (κ3) is 5.69. The van der Waals surface area contributed by atoms with Gasteiger partial charge in [-0.25, -0.2) is 0 Å². The van der Waals surface area contributed by atoms with Gasteiger partial charge >= 0.3 is 0 Å². The molecule has 1 amide bonds. The zero-order valence-electron chi connectivity index (χ0n) is 29.1. The molecule has 5 aromatic rings. The van der Waals surface area contributed by atoms with E-state index in [-0.39, 0.29) is 37.0 Å². The van der Waals surface area contributed by atoms with Crippen LogP contribution < -0.4 is 28.7 Å². The fourth-order valence-electron chi connectivity index (χ4n) is 7.77. The Morgan fingerprint density at radius 2 is 1.28 bits per heavy atom. The van der Waals surface area contributed by atoms with Crippen molar-refractivity contribution in [2.75, 3.05) is 24.0 Å². The van der Waals surface area contributed by atoms with E-state index in [0.29, 0.717) is 63.0 Å². The molecule has 3 atom stereocenters. The maximum atomic E-state index is 13.8. The number of carbonyl (C=O) groups excluding carboxylic acids is 1. The fraction of sp³-hybridized carbons (Fsp3) is 0.214. The third-order valence-electron chi connectivity index (χ3n) is 10.3. The van der Waals surface area contributed by atoms with Gasteiger partial charge in [0, 0.05) is 54.3 Å². The number of ether oxygens (including phenoxy) is 4. The van der Waals surface area contributed by atoms with Gasteiger partial charge in [-0.3, -0.25) is 19.7 Å². The lowest BCUT2D eigenvalue weighted by atomic mass is 10.1. The SMILES string of the molecule is COc1cc2c(cc1OCc1cc(O)cc(COc3cc4c(cc3OC)C(O)N3c5ccccc5C[C@H]3C=N4)c1)N=C[C@@H]1Cc3ccccc3N1C2=O. The van der Waals surface area contributed by atoms with E-state index in [2.05, 4.69) is 6.07 Å². The zero-order chi connectivity index (χ0) is 36.2. The van der Waals surface area contributed by atoms with Gasteiger partial charge in [-0.2, -0.15) is 0 Å². The first kappa shape index (κ1) is 32.6. The predicted molar refractivity (Wildman–Crippen MR) is 201 cm³/mol. The summed E-state index contributed by atoms with van der Waals surface area (Å²) in [7, 11) is 3.08. The highest BCUT2D eigenvalue weighted by Crippen LogP contribution is 2.46.